The van der Waals surface area contributed by atoms with Crippen LogP contribution in [0, 0.1) is 0 Å². The molecule has 1 atom stereocenters. The minimum atomic E-state index is -0.571. The number of hydrogen-bond acceptors (Lipinski definition) is 3. The molecule has 2 amide bonds. The maximum absolute atomic E-state index is 11.8. The zero-order valence-electron chi connectivity index (χ0n) is 12.4. The number of carbonyl (C=O) groups is 2. The van der Waals surface area contributed by atoms with Gasteiger partial charge in [0.05, 0.1) is 12.5 Å². The third-order valence-corrected chi connectivity index (χ3v) is 2.56. The molecular weight excluding hydrogens is 256 g/mol. The molecule has 5 nitrogen and oxygen atoms in total. The summed E-state index contributed by atoms with van der Waals surface area (Å²) in [7, 11) is 1.57. The highest BCUT2D eigenvalue weighted by Crippen LogP contribution is 2.17. The Balaban J connectivity index is 2.78. The molecule has 110 valence electrons. The average Bonchev–Trinajstić information content (AvgIpc) is 2.36. The first kappa shape index (κ1) is 16.0. The predicted molar refractivity (Wildman–Crippen MR) is 77.2 cm³/mol. The number of nitrogens with one attached hydrogen (secondary N) is 2. The number of ether oxygens (including phenoxy) is 1. The molecule has 5 heteroatoms. The Hall–Kier alpha value is -2.04. The van der Waals surface area contributed by atoms with E-state index in [4.69, 9.17) is 4.74 Å². The van der Waals surface area contributed by atoms with Gasteiger partial charge in [0.1, 0.15) is 5.60 Å². The van der Waals surface area contributed by atoms with Crippen molar-refractivity contribution in [2.75, 3.05) is 7.05 Å². The molecule has 0 saturated heterocycles. The molecule has 1 aromatic carbocycles. The molecule has 0 saturated carbocycles. The molecule has 1 rings (SSSR count). The molecule has 0 radical (unpaired) electrons. The van der Waals surface area contributed by atoms with Crippen molar-refractivity contribution in [1.82, 2.24) is 10.6 Å². The van der Waals surface area contributed by atoms with Gasteiger partial charge in [-0.25, -0.2) is 4.79 Å². The molecule has 0 aliphatic carbocycles. The zero-order valence-corrected chi connectivity index (χ0v) is 12.4. The van der Waals surface area contributed by atoms with Gasteiger partial charge >= 0.3 is 6.09 Å². The molecule has 0 unspecified atom stereocenters. The van der Waals surface area contributed by atoms with Gasteiger partial charge in [-0.3, -0.25) is 4.79 Å². The van der Waals surface area contributed by atoms with Crippen molar-refractivity contribution >= 4 is 12.0 Å². The number of amides is 2. The van der Waals surface area contributed by atoms with E-state index in [1.165, 1.54) is 0 Å². The van der Waals surface area contributed by atoms with Crippen molar-refractivity contribution in [3.05, 3.63) is 35.9 Å². The fraction of sp³-hybridized carbons (Fsp3) is 0.467. The van der Waals surface area contributed by atoms with Crippen LogP contribution in [0.5, 0.6) is 0 Å². The highest BCUT2D eigenvalue weighted by molar-refractivity contribution is 5.77. The second-order valence-corrected chi connectivity index (χ2v) is 5.49. The van der Waals surface area contributed by atoms with Gasteiger partial charge in [-0.1, -0.05) is 30.3 Å². The molecular formula is C15H22N2O3. The van der Waals surface area contributed by atoms with Crippen LogP contribution in [0.4, 0.5) is 4.79 Å². The van der Waals surface area contributed by atoms with Crippen LogP contribution in [0.2, 0.25) is 0 Å². The third kappa shape index (κ3) is 5.73. The molecule has 0 aliphatic heterocycles. The lowest BCUT2D eigenvalue weighted by Gasteiger charge is -2.23. The zero-order chi connectivity index (χ0) is 15.2. The summed E-state index contributed by atoms with van der Waals surface area (Å²) in [5, 5.41) is 5.29. The second kappa shape index (κ2) is 6.93. The highest BCUT2D eigenvalue weighted by Gasteiger charge is 2.22. The van der Waals surface area contributed by atoms with Crippen molar-refractivity contribution < 1.29 is 14.3 Å². The molecule has 0 bridgehead atoms. The van der Waals surface area contributed by atoms with Crippen LogP contribution in [0.25, 0.3) is 0 Å². The number of benzene rings is 1. The first-order valence-electron chi connectivity index (χ1n) is 6.57. The van der Waals surface area contributed by atoms with Gasteiger partial charge in [0, 0.05) is 7.05 Å². The fourth-order valence-corrected chi connectivity index (χ4v) is 1.67. The summed E-state index contributed by atoms with van der Waals surface area (Å²) in [6, 6.07) is 8.93. The summed E-state index contributed by atoms with van der Waals surface area (Å²) < 4.78 is 5.22. The van der Waals surface area contributed by atoms with Crippen molar-refractivity contribution in [1.29, 1.82) is 0 Å². The van der Waals surface area contributed by atoms with Crippen LogP contribution in [-0.2, 0) is 9.53 Å². The van der Waals surface area contributed by atoms with Gasteiger partial charge in [0.2, 0.25) is 5.91 Å². The fourth-order valence-electron chi connectivity index (χ4n) is 1.67. The van der Waals surface area contributed by atoms with Gasteiger partial charge < -0.3 is 15.4 Å². The van der Waals surface area contributed by atoms with E-state index in [1.54, 1.807) is 27.8 Å². The van der Waals surface area contributed by atoms with Crippen LogP contribution in [-0.4, -0.2) is 24.6 Å². The van der Waals surface area contributed by atoms with E-state index < -0.39 is 17.7 Å². The van der Waals surface area contributed by atoms with Crippen LogP contribution < -0.4 is 10.6 Å². The lowest BCUT2D eigenvalue weighted by molar-refractivity contribution is -0.121. The number of carbonyl (C=O) groups excluding carboxylic acids is 2. The lowest BCUT2D eigenvalue weighted by atomic mass is 10.0. The van der Waals surface area contributed by atoms with E-state index in [-0.39, 0.29) is 12.3 Å². The Bertz CT molecular complexity index is 452. The van der Waals surface area contributed by atoms with E-state index >= 15 is 0 Å². The Morgan fingerprint density at radius 1 is 1.20 bits per heavy atom. The summed E-state index contributed by atoms with van der Waals surface area (Å²) in [6.07, 6.45) is -0.366. The van der Waals surface area contributed by atoms with Crippen molar-refractivity contribution in [2.24, 2.45) is 0 Å². The van der Waals surface area contributed by atoms with Gasteiger partial charge in [0.15, 0.2) is 0 Å². The maximum Gasteiger partial charge on any atom is 0.408 e. The van der Waals surface area contributed by atoms with E-state index in [2.05, 4.69) is 10.6 Å². The first-order chi connectivity index (χ1) is 9.31. The van der Waals surface area contributed by atoms with Crippen molar-refractivity contribution in [3.8, 4) is 0 Å². The molecule has 0 spiro atoms. The van der Waals surface area contributed by atoms with Crippen LogP contribution >= 0.6 is 0 Å². The molecule has 0 fully saturated rings. The smallest absolute Gasteiger partial charge is 0.408 e. The third-order valence-electron chi connectivity index (χ3n) is 2.56. The highest BCUT2D eigenvalue weighted by atomic mass is 16.6. The van der Waals surface area contributed by atoms with E-state index in [1.807, 2.05) is 30.3 Å². The van der Waals surface area contributed by atoms with Crippen LogP contribution in [0.15, 0.2) is 30.3 Å². The minimum Gasteiger partial charge on any atom is -0.444 e. The topological polar surface area (TPSA) is 67.4 Å². The molecule has 1 aromatic rings. The minimum absolute atomic E-state index is 0.144. The van der Waals surface area contributed by atoms with E-state index in [0.717, 1.165) is 5.56 Å². The van der Waals surface area contributed by atoms with Gasteiger partial charge in [-0.05, 0) is 26.3 Å². The molecule has 0 aromatic heterocycles. The SMILES string of the molecule is CNC(=O)C[C@@H](NC(=O)OC(C)(C)C)c1ccccc1. The van der Waals surface area contributed by atoms with E-state index in [9.17, 15) is 9.59 Å². The Kier molecular flexibility index (Phi) is 5.55. The summed E-state index contributed by atoms with van der Waals surface area (Å²) in [5.41, 5.74) is 0.292. The Morgan fingerprint density at radius 2 is 1.80 bits per heavy atom. The normalized spacial score (nSPS) is 12.4. The number of alkyl carbamates (subject to hydrolysis) is 1. The second-order valence-electron chi connectivity index (χ2n) is 5.49. The maximum atomic E-state index is 11.8. The number of rotatable bonds is 4. The summed E-state index contributed by atoms with van der Waals surface area (Å²) in [6.45, 7) is 5.38. The summed E-state index contributed by atoms with van der Waals surface area (Å²) in [4.78, 5) is 23.4. The van der Waals surface area contributed by atoms with E-state index in [0.29, 0.717) is 0 Å². The summed E-state index contributed by atoms with van der Waals surface area (Å²) in [5.74, 6) is -0.144. The van der Waals surface area contributed by atoms with Crippen molar-refractivity contribution in [2.45, 2.75) is 38.8 Å². The van der Waals surface area contributed by atoms with Gasteiger partial charge in [0.25, 0.3) is 0 Å². The van der Waals surface area contributed by atoms with Crippen LogP contribution in [0.1, 0.15) is 38.8 Å². The summed E-state index contributed by atoms with van der Waals surface area (Å²) >= 11 is 0. The molecule has 20 heavy (non-hydrogen) atoms. The largest absolute Gasteiger partial charge is 0.444 e. The molecule has 0 heterocycles. The monoisotopic (exact) mass is 278 g/mol. The van der Waals surface area contributed by atoms with Crippen LogP contribution in [0.3, 0.4) is 0 Å². The number of hydrogen-bond donors (Lipinski definition) is 2. The Morgan fingerprint density at radius 3 is 2.30 bits per heavy atom. The molecule has 2 N–H and O–H groups in total. The molecule has 0 aliphatic rings. The standard InChI is InChI=1S/C15H22N2O3/c1-15(2,3)20-14(19)17-12(10-13(18)16-4)11-8-6-5-7-9-11/h5-9,12H,10H2,1-4H3,(H,16,18)(H,17,19)/t12-/m1/s1. The first-order valence-corrected chi connectivity index (χ1v) is 6.57. The quantitative estimate of drug-likeness (QED) is 0.888. The lowest BCUT2D eigenvalue weighted by Crippen LogP contribution is -2.37. The van der Waals surface area contributed by atoms with Crippen molar-refractivity contribution in [3.63, 3.8) is 0 Å². The van der Waals surface area contributed by atoms with Gasteiger partial charge in [-0.2, -0.15) is 0 Å². The Labute approximate surface area is 119 Å². The predicted octanol–water partition coefficient (Wildman–Crippen LogP) is 2.39. The average molecular weight is 278 g/mol. The van der Waals surface area contributed by atoms with Gasteiger partial charge in [-0.15, -0.1) is 0 Å².